The molecule has 6 heteroatoms. The Hall–Kier alpha value is -3.67. The van der Waals surface area contributed by atoms with E-state index in [9.17, 15) is 19.1 Å². The van der Waals surface area contributed by atoms with Crippen LogP contribution < -0.4 is 5.32 Å². The average Bonchev–Trinajstić information content (AvgIpc) is 3.21. The second-order valence-corrected chi connectivity index (χ2v) is 7.36. The van der Waals surface area contributed by atoms with E-state index in [2.05, 4.69) is 5.32 Å². The van der Waals surface area contributed by atoms with Crippen molar-refractivity contribution < 1.29 is 19.1 Å². The number of carbonyl (C=O) groups is 2. The van der Waals surface area contributed by atoms with Gasteiger partial charge < -0.3 is 15.3 Å². The van der Waals surface area contributed by atoms with E-state index < -0.39 is 23.7 Å². The molecule has 0 bridgehead atoms. The van der Waals surface area contributed by atoms with Crippen LogP contribution in [0.4, 0.5) is 14.9 Å². The number of amides is 2. The molecular formula is C24H21FN2O3. The van der Waals surface area contributed by atoms with Crippen LogP contribution in [0.15, 0.2) is 78.9 Å². The second-order valence-electron chi connectivity index (χ2n) is 7.36. The molecule has 2 atom stereocenters. The Labute approximate surface area is 173 Å². The number of anilines is 1. The highest BCUT2D eigenvalue weighted by Gasteiger charge is 2.41. The monoisotopic (exact) mass is 404 g/mol. The maximum absolute atomic E-state index is 14.4. The van der Waals surface area contributed by atoms with Crippen LogP contribution in [0.25, 0.3) is 11.1 Å². The Morgan fingerprint density at radius 3 is 2.33 bits per heavy atom. The molecule has 5 nitrogen and oxygen atoms in total. The summed E-state index contributed by atoms with van der Waals surface area (Å²) in [5.74, 6) is -1.98. The fourth-order valence-corrected chi connectivity index (χ4v) is 3.96. The van der Waals surface area contributed by atoms with Gasteiger partial charge >= 0.3 is 6.09 Å². The fourth-order valence-electron chi connectivity index (χ4n) is 3.96. The summed E-state index contributed by atoms with van der Waals surface area (Å²) in [6.45, 7) is 0.108. The third-order valence-electron chi connectivity index (χ3n) is 5.47. The lowest BCUT2D eigenvalue weighted by Crippen LogP contribution is -2.30. The minimum absolute atomic E-state index is 0.0263. The Morgan fingerprint density at radius 1 is 0.900 bits per heavy atom. The smallest absolute Gasteiger partial charge is 0.407 e. The molecule has 2 amide bonds. The van der Waals surface area contributed by atoms with Crippen LogP contribution >= 0.6 is 0 Å². The lowest BCUT2D eigenvalue weighted by atomic mass is 9.88. The van der Waals surface area contributed by atoms with Gasteiger partial charge in [0, 0.05) is 24.7 Å². The van der Waals surface area contributed by atoms with Gasteiger partial charge in [-0.15, -0.1) is 0 Å². The minimum atomic E-state index is -1.11. The van der Waals surface area contributed by atoms with Crippen LogP contribution in [0.5, 0.6) is 0 Å². The van der Waals surface area contributed by atoms with Crippen LogP contribution in [-0.2, 0) is 4.79 Å². The molecule has 1 aliphatic rings. The van der Waals surface area contributed by atoms with Gasteiger partial charge in [0.25, 0.3) is 0 Å². The van der Waals surface area contributed by atoms with Crippen LogP contribution in [0.2, 0.25) is 0 Å². The van der Waals surface area contributed by atoms with Crippen molar-refractivity contribution >= 4 is 17.7 Å². The predicted octanol–water partition coefficient (Wildman–Crippen LogP) is 4.82. The number of halogens is 1. The first-order valence-corrected chi connectivity index (χ1v) is 9.71. The van der Waals surface area contributed by atoms with Crippen molar-refractivity contribution in [3.63, 3.8) is 0 Å². The van der Waals surface area contributed by atoms with Crippen molar-refractivity contribution in [3.8, 4) is 11.1 Å². The van der Waals surface area contributed by atoms with E-state index in [0.29, 0.717) is 11.3 Å². The first-order valence-electron chi connectivity index (χ1n) is 9.71. The Balaban J connectivity index is 1.58. The highest BCUT2D eigenvalue weighted by atomic mass is 19.1. The number of likely N-dealkylation sites (tertiary alicyclic amines) is 1. The highest BCUT2D eigenvalue weighted by molar-refractivity contribution is 5.94. The summed E-state index contributed by atoms with van der Waals surface area (Å²) in [5, 5.41) is 12.3. The van der Waals surface area contributed by atoms with Gasteiger partial charge in [0.05, 0.1) is 5.92 Å². The summed E-state index contributed by atoms with van der Waals surface area (Å²) in [7, 11) is 0. The van der Waals surface area contributed by atoms with Crippen molar-refractivity contribution in [3.05, 3.63) is 90.2 Å². The highest BCUT2D eigenvalue weighted by Crippen LogP contribution is 2.35. The molecule has 1 fully saturated rings. The maximum Gasteiger partial charge on any atom is 0.407 e. The zero-order valence-corrected chi connectivity index (χ0v) is 16.2. The van der Waals surface area contributed by atoms with Gasteiger partial charge in [0.1, 0.15) is 5.82 Å². The summed E-state index contributed by atoms with van der Waals surface area (Å²) in [4.78, 5) is 25.7. The van der Waals surface area contributed by atoms with Gasteiger partial charge in [-0.05, 0) is 34.9 Å². The van der Waals surface area contributed by atoms with Gasteiger partial charge in [0.15, 0.2) is 0 Å². The summed E-state index contributed by atoms with van der Waals surface area (Å²) in [6.07, 6.45) is -1.11. The number of hydrogen-bond acceptors (Lipinski definition) is 2. The second kappa shape index (κ2) is 8.37. The molecule has 4 rings (SSSR count). The number of carbonyl (C=O) groups excluding carboxylic acids is 1. The molecule has 3 aromatic rings. The largest absolute Gasteiger partial charge is 0.465 e. The van der Waals surface area contributed by atoms with E-state index in [1.807, 2.05) is 48.5 Å². The summed E-state index contributed by atoms with van der Waals surface area (Å²) in [5.41, 5.74) is 2.95. The van der Waals surface area contributed by atoms with Crippen LogP contribution in [0, 0.1) is 11.7 Å². The van der Waals surface area contributed by atoms with Gasteiger partial charge in [0.2, 0.25) is 5.91 Å². The van der Waals surface area contributed by atoms with E-state index in [1.54, 1.807) is 24.3 Å². The molecule has 0 radical (unpaired) electrons. The topological polar surface area (TPSA) is 69.6 Å². The fraction of sp³-hybridized carbons (Fsp3) is 0.167. The van der Waals surface area contributed by atoms with Crippen LogP contribution in [-0.4, -0.2) is 35.1 Å². The SMILES string of the molecule is O=C(Nc1cccc(-c2ccccc2)c1)[C@H]1CN(C(=O)O)C[C@@H]1c1ccccc1F. The molecule has 1 aliphatic heterocycles. The number of carboxylic acid groups (broad SMARTS) is 1. The third-order valence-corrected chi connectivity index (χ3v) is 5.47. The van der Waals surface area contributed by atoms with E-state index in [4.69, 9.17) is 0 Å². The summed E-state index contributed by atoms with van der Waals surface area (Å²) < 4.78 is 14.4. The minimum Gasteiger partial charge on any atom is -0.465 e. The first kappa shape index (κ1) is 19.6. The van der Waals surface area contributed by atoms with Crippen molar-refractivity contribution in [2.24, 2.45) is 5.92 Å². The molecule has 30 heavy (non-hydrogen) atoms. The quantitative estimate of drug-likeness (QED) is 0.655. The normalized spacial score (nSPS) is 18.2. The molecule has 0 aliphatic carbocycles. The number of benzene rings is 3. The average molecular weight is 404 g/mol. The van der Waals surface area contributed by atoms with Crippen molar-refractivity contribution in [2.75, 3.05) is 18.4 Å². The van der Waals surface area contributed by atoms with E-state index in [0.717, 1.165) is 11.1 Å². The number of hydrogen-bond donors (Lipinski definition) is 2. The standard InChI is InChI=1S/C24H21FN2O3/c25-22-12-5-4-11-19(22)20-14-27(24(29)30)15-21(20)23(28)26-18-10-6-9-17(13-18)16-7-2-1-3-8-16/h1-13,20-21H,14-15H2,(H,26,28)(H,29,30)/t20-,21+/m1/s1. The number of rotatable bonds is 4. The van der Waals surface area contributed by atoms with E-state index >= 15 is 0 Å². The molecule has 0 aromatic heterocycles. The summed E-state index contributed by atoms with van der Waals surface area (Å²) >= 11 is 0. The molecule has 3 aromatic carbocycles. The first-order chi connectivity index (χ1) is 14.5. The third kappa shape index (κ3) is 4.03. The Morgan fingerprint density at radius 2 is 1.60 bits per heavy atom. The van der Waals surface area contributed by atoms with Crippen LogP contribution in [0.3, 0.4) is 0 Å². The van der Waals surface area contributed by atoms with Gasteiger partial charge in [-0.25, -0.2) is 9.18 Å². The molecular weight excluding hydrogens is 383 g/mol. The number of nitrogens with one attached hydrogen (secondary N) is 1. The predicted molar refractivity (Wildman–Crippen MR) is 113 cm³/mol. The zero-order chi connectivity index (χ0) is 21.1. The molecule has 1 saturated heterocycles. The van der Waals surface area contributed by atoms with Crippen molar-refractivity contribution in [1.29, 1.82) is 0 Å². The molecule has 152 valence electrons. The lowest BCUT2D eigenvalue weighted by molar-refractivity contribution is -0.119. The van der Waals surface area contributed by atoms with Crippen LogP contribution in [0.1, 0.15) is 11.5 Å². The maximum atomic E-state index is 14.4. The van der Waals surface area contributed by atoms with Crippen molar-refractivity contribution in [1.82, 2.24) is 4.90 Å². The van der Waals surface area contributed by atoms with Gasteiger partial charge in [-0.2, -0.15) is 0 Å². The molecule has 2 N–H and O–H groups in total. The molecule has 0 saturated carbocycles. The zero-order valence-electron chi connectivity index (χ0n) is 16.2. The molecule has 0 spiro atoms. The van der Waals surface area contributed by atoms with Gasteiger partial charge in [-0.1, -0.05) is 60.7 Å². The van der Waals surface area contributed by atoms with E-state index in [-0.39, 0.29) is 19.0 Å². The lowest BCUT2D eigenvalue weighted by Gasteiger charge is -2.19. The van der Waals surface area contributed by atoms with Gasteiger partial charge in [-0.3, -0.25) is 4.79 Å². The Kier molecular flexibility index (Phi) is 5.48. The Bertz CT molecular complexity index is 1070. The molecule has 1 heterocycles. The van der Waals surface area contributed by atoms with Crippen molar-refractivity contribution in [2.45, 2.75) is 5.92 Å². The summed E-state index contributed by atoms with van der Waals surface area (Å²) in [6, 6.07) is 23.5. The van der Waals surface area contributed by atoms with E-state index in [1.165, 1.54) is 11.0 Å². The molecule has 0 unspecified atom stereocenters. The number of nitrogens with zero attached hydrogens (tertiary/aromatic N) is 1.